The van der Waals surface area contributed by atoms with Crippen LogP contribution < -0.4 is 5.32 Å². The van der Waals surface area contributed by atoms with E-state index in [9.17, 15) is 14.0 Å². The predicted molar refractivity (Wildman–Crippen MR) is 88.5 cm³/mol. The Morgan fingerprint density at radius 1 is 1.12 bits per heavy atom. The van der Waals surface area contributed by atoms with Crippen LogP contribution in [-0.2, 0) is 14.9 Å². The maximum Gasteiger partial charge on any atom is 0.337 e. The first kappa shape index (κ1) is 16.2. The maximum absolute atomic E-state index is 13.1. The lowest BCUT2D eigenvalue weighted by Crippen LogP contribution is -2.28. The number of rotatable bonds is 4. The molecule has 1 saturated carbocycles. The molecule has 0 aromatic heterocycles. The molecule has 0 spiro atoms. The van der Waals surface area contributed by atoms with E-state index in [-0.39, 0.29) is 11.7 Å². The summed E-state index contributed by atoms with van der Waals surface area (Å²) < 4.78 is 17.8. The summed E-state index contributed by atoms with van der Waals surface area (Å²) in [5.74, 6) is -0.916. The third-order valence-electron chi connectivity index (χ3n) is 4.49. The third kappa shape index (κ3) is 2.89. The summed E-state index contributed by atoms with van der Waals surface area (Å²) in [5, 5.41) is 2.90. The first-order chi connectivity index (χ1) is 11.5. The van der Waals surface area contributed by atoms with E-state index in [0.29, 0.717) is 11.3 Å². The van der Waals surface area contributed by atoms with Crippen LogP contribution in [0.5, 0.6) is 0 Å². The number of hydrogen-bond acceptors (Lipinski definition) is 3. The lowest BCUT2D eigenvalue weighted by molar-refractivity contribution is -0.118. The van der Waals surface area contributed by atoms with Gasteiger partial charge in [0.05, 0.1) is 18.1 Å². The number of halogens is 1. The van der Waals surface area contributed by atoms with Crippen molar-refractivity contribution in [3.8, 4) is 0 Å². The fourth-order valence-corrected chi connectivity index (χ4v) is 2.78. The molecule has 24 heavy (non-hydrogen) atoms. The topological polar surface area (TPSA) is 55.4 Å². The quantitative estimate of drug-likeness (QED) is 0.873. The van der Waals surface area contributed by atoms with Crippen LogP contribution in [0.25, 0.3) is 0 Å². The van der Waals surface area contributed by atoms with Crippen molar-refractivity contribution >= 4 is 17.6 Å². The highest BCUT2D eigenvalue weighted by Gasteiger charge is 2.51. The Hall–Kier alpha value is -2.69. The van der Waals surface area contributed by atoms with Gasteiger partial charge in [-0.15, -0.1) is 0 Å². The van der Waals surface area contributed by atoms with Crippen molar-refractivity contribution in [2.45, 2.75) is 25.2 Å². The van der Waals surface area contributed by atoms with Crippen LogP contribution in [0.3, 0.4) is 0 Å². The molecule has 0 bridgehead atoms. The number of carbonyl (C=O) groups is 2. The number of ether oxygens (including phenoxy) is 1. The SMILES string of the molecule is COC(=O)c1ccc(C)c(NC(=O)C2(c3ccc(F)cc3)CC2)c1. The van der Waals surface area contributed by atoms with Crippen LogP contribution in [0, 0.1) is 12.7 Å². The number of benzene rings is 2. The monoisotopic (exact) mass is 327 g/mol. The number of hydrogen-bond donors (Lipinski definition) is 1. The Labute approximate surface area is 139 Å². The molecule has 0 saturated heterocycles. The number of nitrogens with one attached hydrogen (secondary N) is 1. The van der Waals surface area contributed by atoms with Gasteiger partial charge in [0.2, 0.25) is 5.91 Å². The van der Waals surface area contributed by atoms with E-state index in [1.54, 1.807) is 30.3 Å². The highest BCUT2D eigenvalue weighted by molar-refractivity contribution is 6.02. The fraction of sp³-hybridized carbons (Fsp3) is 0.263. The van der Waals surface area contributed by atoms with E-state index in [2.05, 4.69) is 5.32 Å². The van der Waals surface area contributed by atoms with Crippen LogP contribution in [0.4, 0.5) is 10.1 Å². The van der Waals surface area contributed by atoms with E-state index in [4.69, 9.17) is 4.74 Å². The number of methoxy groups -OCH3 is 1. The van der Waals surface area contributed by atoms with Gasteiger partial charge < -0.3 is 10.1 Å². The molecular weight excluding hydrogens is 309 g/mol. The smallest absolute Gasteiger partial charge is 0.337 e. The van der Waals surface area contributed by atoms with E-state index >= 15 is 0 Å². The van der Waals surface area contributed by atoms with Crippen molar-refractivity contribution in [2.24, 2.45) is 0 Å². The molecule has 4 nitrogen and oxygen atoms in total. The molecule has 3 rings (SSSR count). The van der Waals surface area contributed by atoms with Gasteiger partial charge in [-0.1, -0.05) is 18.2 Å². The summed E-state index contributed by atoms with van der Waals surface area (Å²) >= 11 is 0. The molecule has 0 heterocycles. The molecule has 0 unspecified atom stereocenters. The summed E-state index contributed by atoms with van der Waals surface area (Å²) in [7, 11) is 1.31. The molecular formula is C19H18FNO3. The Kier molecular flexibility index (Phi) is 4.09. The Morgan fingerprint density at radius 3 is 2.38 bits per heavy atom. The van der Waals surface area contributed by atoms with Crippen LogP contribution in [0.1, 0.15) is 34.3 Å². The Bertz CT molecular complexity index is 795. The second kappa shape index (κ2) is 6.07. The second-order valence-electron chi connectivity index (χ2n) is 6.06. The molecule has 1 amide bonds. The molecule has 1 fully saturated rings. The number of amides is 1. The fourth-order valence-electron chi connectivity index (χ4n) is 2.78. The minimum absolute atomic E-state index is 0.140. The van der Waals surface area contributed by atoms with Crippen LogP contribution in [0.2, 0.25) is 0 Å². The molecule has 1 aliphatic carbocycles. The number of carbonyl (C=O) groups excluding carboxylic acids is 2. The zero-order chi connectivity index (χ0) is 17.3. The van der Waals surface area contributed by atoms with Gasteiger partial charge in [-0.25, -0.2) is 9.18 Å². The summed E-state index contributed by atoms with van der Waals surface area (Å²) in [5.41, 5.74) is 2.01. The lowest BCUT2D eigenvalue weighted by atomic mass is 9.94. The third-order valence-corrected chi connectivity index (χ3v) is 4.49. The zero-order valence-electron chi connectivity index (χ0n) is 13.6. The first-order valence-electron chi connectivity index (χ1n) is 7.73. The van der Waals surface area contributed by atoms with Crippen molar-refractivity contribution in [2.75, 3.05) is 12.4 Å². The number of aryl methyl sites for hydroxylation is 1. The van der Waals surface area contributed by atoms with Crippen molar-refractivity contribution in [1.29, 1.82) is 0 Å². The predicted octanol–water partition coefficient (Wildman–Crippen LogP) is 3.59. The molecule has 1 N–H and O–H groups in total. The van der Waals surface area contributed by atoms with E-state index < -0.39 is 11.4 Å². The average Bonchev–Trinajstić information content (AvgIpc) is 3.38. The molecule has 0 radical (unpaired) electrons. The molecule has 5 heteroatoms. The van der Waals surface area contributed by atoms with Gasteiger partial charge in [0, 0.05) is 5.69 Å². The van der Waals surface area contributed by atoms with E-state index in [1.807, 2.05) is 6.92 Å². The summed E-state index contributed by atoms with van der Waals surface area (Å²) in [4.78, 5) is 24.4. The van der Waals surface area contributed by atoms with Gasteiger partial charge in [-0.05, 0) is 55.2 Å². The summed E-state index contributed by atoms with van der Waals surface area (Å²) in [6.45, 7) is 1.86. The summed E-state index contributed by atoms with van der Waals surface area (Å²) in [6.07, 6.45) is 1.44. The molecule has 2 aromatic rings. The Morgan fingerprint density at radius 2 is 1.79 bits per heavy atom. The first-order valence-corrected chi connectivity index (χ1v) is 7.73. The van der Waals surface area contributed by atoms with Crippen LogP contribution in [0.15, 0.2) is 42.5 Å². The minimum Gasteiger partial charge on any atom is -0.465 e. The minimum atomic E-state index is -0.610. The summed E-state index contributed by atoms with van der Waals surface area (Å²) in [6, 6.07) is 11.1. The van der Waals surface area contributed by atoms with Crippen LogP contribution >= 0.6 is 0 Å². The van der Waals surface area contributed by atoms with Crippen LogP contribution in [-0.4, -0.2) is 19.0 Å². The molecule has 0 aliphatic heterocycles. The standard InChI is InChI=1S/C19H18FNO3/c1-12-3-4-13(17(22)24-2)11-16(12)21-18(23)19(9-10-19)14-5-7-15(20)8-6-14/h3-8,11H,9-10H2,1-2H3,(H,21,23). The Balaban J connectivity index is 1.85. The van der Waals surface area contributed by atoms with E-state index in [1.165, 1.54) is 19.2 Å². The van der Waals surface area contributed by atoms with Gasteiger partial charge in [-0.3, -0.25) is 4.79 Å². The van der Waals surface area contributed by atoms with Crippen molar-refractivity contribution in [3.63, 3.8) is 0 Å². The second-order valence-corrected chi connectivity index (χ2v) is 6.06. The number of esters is 1. The van der Waals surface area contributed by atoms with Gasteiger partial charge in [0.25, 0.3) is 0 Å². The van der Waals surface area contributed by atoms with Gasteiger partial charge in [0.1, 0.15) is 5.82 Å². The number of anilines is 1. The normalized spacial score (nSPS) is 14.8. The molecule has 124 valence electrons. The van der Waals surface area contributed by atoms with Crippen molar-refractivity contribution in [3.05, 3.63) is 65.0 Å². The molecule has 0 atom stereocenters. The van der Waals surface area contributed by atoms with Gasteiger partial charge >= 0.3 is 5.97 Å². The van der Waals surface area contributed by atoms with Crippen molar-refractivity contribution < 1.29 is 18.7 Å². The van der Waals surface area contributed by atoms with E-state index in [0.717, 1.165) is 24.0 Å². The van der Waals surface area contributed by atoms with Gasteiger partial charge in [-0.2, -0.15) is 0 Å². The largest absolute Gasteiger partial charge is 0.465 e. The molecule has 2 aromatic carbocycles. The van der Waals surface area contributed by atoms with Crippen molar-refractivity contribution in [1.82, 2.24) is 0 Å². The average molecular weight is 327 g/mol. The highest BCUT2D eigenvalue weighted by Crippen LogP contribution is 2.49. The zero-order valence-corrected chi connectivity index (χ0v) is 13.6. The molecule has 1 aliphatic rings. The highest BCUT2D eigenvalue weighted by atomic mass is 19.1. The lowest BCUT2D eigenvalue weighted by Gasteiger charge is -2.17. The van der Waals surface area contributed by atoms with Gasteiger partial charge in [0.15, 0.2) is 0 Å². The maximum atomic E-state index is 13.1.